The SMILES string of the molecule is C1=[N+](c2ccccc2)C[Se]c2c1cccc2C12CC3CC4CC(C1)C43C2. The quantitative estimate of drug-likeness (QED) is 0.528. The Bertz CT molecular complexity index is 943. The molecule has 4 aliphatic carbocycles. The van der Waals surface area contributed by atoms with Gasteiger partial charge in [-0.15, -0.1) is 0 Å². The molecule has 0 N–H and O–H groups in total. The molecule has 2 aromatic rings. The van der Waals surface area contributed by atoms with E-state index in [4.69, 9.17) is 0 Å². The fraction of sp³-hybridized carbons (Fsp3) is 0.458. The molecule has 4 saturated carbocycles. The van der Waals surface area contributed by atoms with Crippen molar-refractivity contribution in [3.63, 3.8) is 0 Å². The number of rotatable bonds is 2. The van der Waals surface area contributed by atoms with E-state index in [2.05, 4.69) is 59.3 Å². The first-order valence-electron chi connectivity index (χ1n) is 10.2. The Balaban J connectivity index is 1.33. The van der Waals surface area contributed by atoms with Crippen molar-refractivity contribution in [3.8, 4) is 0 Å². The number of hydrogen-bond donors (Lipinski definition) is 0. The van der Waals surface area contributed by atoms with Gasteiger partial charge in [0, 0.05) is 0 Å². The molecular formula is C24H24NSe+. The van der Waals surface area contributed by atoms with Crippen molar-refractivity contribution in [2.24, 2.45) is 23.2 Å². The molecular weight excluding hydrogens is 381 g/mol. The third-order valence-electron chi connectivity index (χ3n) is 8.68. The summed E-state index contributed by atoms with van der Waals surface area (Å²) >= 11 is 0.547. The minimum absolute atomic E-state index is 0.547. The average Bonchev–Trinajstić information content (AvgIpc) is 3.16. The first-order chi connectivity index (χ1) is 12.8. The van der Waals surface area contributed by atoms with Gasteiger partial charge in [0.2, 0.25) is 0 Å². The third kappa shape index (κ3) is 1.59. The molecule has 2 unspecified atom stereocenters. The Kier molecular flexibility index (Phi) is 2.66. The molecule has 2 atom stereocenters. The predicted molar refractivity (Wildman–Crippen MR) is 106 cm³/mol. The molecule has 1 nitrogen and oxygen atoms in total. The second-order valence-electron chi connectivity index (χ2n) is 9.47. The normalized spacial score (nSPS) is 40.9. The number of nitrogens with zero attached hydrogens (tertiary/aromatic N) is 1. The average molecular weight is 405 g/mol. The molecule has 0 saturated heterocycles. The Morgan fingerprint density at radius 2 is 1.69 bits per heavy atom. The van der Waals surface area contributed by atoms with E-state index in [-0.39, 0.29) is 0 Å². The summed E-state index contributed by atoms with van der Waals surface area (Å²) in [6.07, 6.45) is 10.1. The molecule has 2 aromatic carbocycles. The fourth-order valence-corrected chi connectivity index (χ4v) is 10.3. The molecule has 130 valence electrons. The summed E-state index contributed by atoms with van der Waals surface area (Å²) in [5.41, 5.74) is 7.16. The molecule has 0 amide bonds. The van der Waals surface area contributed by atoms with E-state index in [1.54, 1.807) is 22.9 Å². The Morgan fingerprint density at radius 3 is 2.42 bits per heavy atom. The van der Waals surface area contributed by atoms with Crippen LogP contribution in [-0.2, 0) is 5.41 Å². The number of para-hydroxylation sites is 1. The van der Waals surface area contributed by atoms with Crippen molar-refractivity contribution in [2.75, 3.05) is 5.44 Å². The number of hydrogen-bond acceptors (Lipinski definition) is 0. The van der Waals surface area contributed by atoms with Crippen LogP contribution in [0.5, 0.6) is 0 Å². The fourth-order valence-electron chi connectivity index (χ4n) is 7.73. The molecule has 2 bridgehead atoms. The van der Waals surface area contributed by atoms with Crippen LogP contribution in [0.15, 0.2) is 48.5 Å². The maximum absolute atomic E-state index is 2.52. The van der Waals surface area contributed by atoms with Gasteiger partial charge in [-0.25, -0.2) is 0 Å². The van der Waals surface area contributed by atoms with Crippen molar-refractivity contribution >= 4 is 31.3 Å². The summed E-state index contributed by atoms with van der Waals surface area (Å²) < 4.78 is 4.21. The van der Waals surface area contributed by atoms with E-state index in [9.17, 15) is 0 Å². The van der Waals surface area contributed by atoms with Crippen LogP contribution in [0.4, 0.5) is 5.69 Å². The van der Waals surface area contributed by atoms with Crippen LogP contribution < -0.4 is 4.46 Å². The van der Waals surface area contributed by atoms with Gasteiger partial charge in [-0.2, -0.15) is 0 Å². The van der Waals surface area contributed by atoms with E-state index in [1.807, 2.05) is 0 Å². The molecule has 7 rings (SSSR count). The first kappa shape index (κ1) is 14.7. The Labute approximate surface area is 161 Å². The minimum atomic E-state index is 0.547. The molecule has 4 fully saturated rings. The first-order valence-corrected chi connectivity index (χ1v) is 12.3. The second kappa shape index (κ2) is 4.72. The standard InChI is InChI=1S/C24H24NSe/c1-2-6-20(7-3-1)25-13-16-5-4-8-21(22(16)26-15-25)23-11-18-9-17-10-19(12-23)24(17,18)14-23/h1-8,13,17-19H,9-12,14-15H2/q+1. The molecule has 5 aliphatic rings. The van der Waals surface area contributed by atoms with Crippen LogP contribution in [0, 0.1) is 23.2 Å². The van der Waals surface area contributed by atoms with Gasteiger partial charge in [-0.05, 0) is 0 Å². The van der Waals surface area contributed by atoms with Crippen LogP contribution in [0.2, 0.25) is 0 Å². The predicted octanol–water partition coefficient (Wildman–Crippen LogP) is 3.83. The topological polar surface area (TPSA) is 3.01 Å². The van der Waals surface area contributed by atoms with Gasteiger partial charge in [0.15, 0.2) is 0 Å². The summed E-state index contributed by atoms with van der Waals surface area (Å²) in [5.74, 6) is 3.28. The molecule has 1 spiro atoms. The zero-order chi connectivity index (χ0) is 16.9. The van der Waals surface area contributed by atoms with Crippen molar-refractivity contribution in [1.29, 1.82) is 0 Å². The van der Waals surface area contributed by atoms with Gasteiger partial charge in [0.1, 0.15) is 0 Å². The second-order valence-corrected chi connectivity index (χ2v) is 11.5. The van der Waals surface area contributed by atoms with Gasteiger partial charge in [-0.1, -0.05) is 0 Å². The van der Waals surface area contributed by atoms with Gasteiger partial charge in [0.25, 0.3) is 0 Å². The molecule has 1 heterocycles. The zero-order valence-electron chi connectivity index (χ0n) is 15.0. The van der Waals surface area contributed by atoms with Crippen LogP contribution in [0.3, 0.4) is 0 Å². The number of fused-ring (bicyclic) bond motifs is 2. The Hall–Kier alpha value is -1.37. The maximum atomic E-state index is 2.52. The van der Waals surface area contributed by atoms with Crippen LogP contribution in [-0.4, -0.2) is 31.2 Å². The molecule has 26 heavy (non-hydrogen) atoms. The number of benzene rings is 2. The van der Waals surface area contributed by atoms with E-state index < -0.39 is 0 Å². The van der Waals surface area contributed by atoms with Crippen molar-refractivity contribution < 1.29 is 4.58 Å². The molecule has 2 heteroatoms. The van der Waals surface area contributed by atoms with Gasteiger partial charge in [-0.3, -0.25) is 0 Å². The summed E-state index contributed by atoms with van der Waals surface area (Å²) in [6.45, 7) is 0. The third-order valence-corrected chi connectivity index (χ3v) is 11.1. The van der Waals surface area contributed by atoms with Gasteiger partial charge in [0.05, 0.1) is 0 Å². The van der Waals surface area contributed by atoms with E-state index in [0.717, 1.165) is 23.2 Å². The van der Waals surface area contributed by atoms with Crippen LogP contribution in [0.1, 0.15) is 43.2 Å². The van der Waals surface area contributed by atoms with Crippen LogP contribution in [0.25, 0.3) is 0 Å². The van der Waals surface area contributed by atoms with Gasteiger partial charge < -0.3 is 0 Å². The molecule has 0 aromatic heterocycles. The monoisotopic (exact) mass is 406 g/mol. The van der Waals surface area contributed by atoms with E-state index >= 15 is 0 Å². The summed E-state index contributed by atoms with van der Waals surface area (Å²) in [6, 6.07) is 18.1. The molecule has 1 aliphatic heterocycles. The Morgan fingerprint density at radius 1 is 0.885 bits per heavy atom. The van der Waals surface area contributed by atoms with E-state index in [1.165, 1.54) is 36.0 Å². The van der Waals surface area contributed by atoms with Crippen molar-refractivity contribution in [2.45, 2.75) is 37.5 Å². The van der Waals surface area contributed by atoms with Crippen LogP contribution >= 0.6 is 0 Å². The van der Waals surface area contributed by atoms with Crippen molar-refractivity contribution in [1.82, 2.24) is 0 Å². The molecule has 0 radical (unpaired) electrons. The van der Waals surface area contributed by atoms with E-state index in [0.29, 0.717) is 20.4 Å². The van der Waals surface area contributed by atoms with Crippen molar-refractivity contribution in [3.05, 3.63) is 59.7 Å². The summed E-state index contributed by atoms with van der Waals surface area (Å²) in [4.78, 5) is 0. The zero-order valence-corrected chi connectivity index (χ0v) is 16.7. The summed E-state index contributed by atoms with van der Waals surface area (Å²) in [5, 5.41) is 0. The van der Waals surface area contributed by atoms with Gasteiger partial charge >= 0.3 is 162 Å². The summed E-state index contributed by atoms with van der Waals surface area (Å²) in [7, 11) is 0.